The maximum atomic E-state index is 12.3. The van der Waals surface area contributed by atoms with Crippen molar-refractivity contribution in [3.8, 4) is 0 Å². The minimum atomic E-state index is -5.54. The third-order valence-corrected chi connectivity index (χ3v) is 9.74. The van der Waals surface area contributed by atoms with Crippen molar-refractivity contribution in [3.05, 3.63) is 33.1 Å². The number of phosphoric ester groups is 2. The van der Waals surface area contributed by atoms with E-state index in [1.807, 2.05) is 4.98 Å². The van der Waals surface area contributed by atoms with Crippen LogP contribution >= 0.6 is 37.2 Å². The standard InChI is InChI=1S/C16H26N2O16P2S2/c1-37-38-5-7-10(21)11(22)13(24)15(32-7)33-36(28,29)34-35(26,27)30-4-6-9(20)12(23)14(31-6)18-3-2-8(19)17-16(18)25/h2-3,6-7,9-15,20-24H,4-5H2,1H3,(H,26,27)(H,28,29)(H,17,19,25)/t6-,7-,9+,10+,11+,12?,13-,14-,15?/m1/s1. The number of phosphoric acid groups is 2. The summed E-state index contributed by atoms with van der Waals surface area (Å²) in [5, 5.41) is 50.4. The average molecular weight is 628 g/mol. The molecule has 3 heterocycles. The zero-order valence-electron chi connectivity index (χ0n) is 19.2. The predicted molar refractivity (Wildman–Crippen MR) is 128 cm³/mol. The molecule has 3 rings (SSSR count). The number of rotatable bonds is 11. The van der Waals surface area contributed by atoms with Crippen molar-refractivity contribution in [1.82, 2.24) is 9.55 Å². The first kappa shape index (κ1) is 31.9. The van der Waals surface area contributed by atoms with Gasteiger partial charge in [-0.05, 0) is 6.26 Å². The first-order valence-electron chi connectivity index (χ1n) is 10.5. The van der Waals surface area contributed by atoms with Gasteiger partial charge < -0.3 is 44.8 Å². The summed E-state index contributed by atoms with van der Waals surface area (Å²) in [4.78, 5) is 44.9. The second-order valence-electron chi connectivity index (χ2n) is 7.95. The van der Waals surface area contributed by atoms with E-state index in [9.17, 15) is 54.0 Å². The molecule has 0 saturated carbocycles. The van der Waals surface area contributed by atoms with Crippen molar-refractivity contribution in [1.29, 1.82) is 0 Å². The van der Waals surface area contributed by atoms with E-state index in [0.717, 1.165) is 16.8 Å². The fraction of sp³-hybridized carbons (Fsp3) is 0.750. The molecule has 2 saturated heterocycles. The number of aliphatic hydroxyl groups is 5. The van der Waals surface area contributed by atoms with Gasteiger partial charge in [-0.2, -0.15) is 4.31 Å². The highest BCUT2D eigenvalue weighted by Gasteiger charge is 2.49. The Morgan fingerprint density at radius 1 is 0.974 bits per heavy atom. The minimum Gasteiger partial charge on any atom is -0.388 e. The predicted octanol–water partition coefficient (Wildman–Crippen LogP) is -2.77. The highest BCUT2D eigenvalue weighted by Crippen LogP contribution is 2.61. The van der Waals surface area contributed by atoms with Crippen LogP contribution in [0, 0.1) is 0 Å². The van der Waals surface area contributed by atoms with Crippen LogP contribution in [-0.4, -0.2) is 113 Å². The van der Waals surface area contributed by atoms with Gasteiger partial charge >= 0.3 is 21.3 Å². The van der Waals surface area contributed by atoms with Gasteiger partial charge in [0.1, 0.15) is 36.6 Å². The maximum Gasteiger partial charge on any atom is 0.483 e. The molecule has 2 aliphatic heterocycles. The molecule has 18 nitrogen and oxygen atoms in total. The van der Waals surface area contributed by atoms with Gasteiger partial charge in [-0.15, -0.1) is 0 Å². The molecule has 1 aromatic heterocycles. The van der Waals surface area contributed by atoms with Crippen LogP contribution in [0.5, 0.6) is 0 Å². The Morgan fingerprint density at radius 2 is 1.63 bits per heavy atom. The largest absolute Gasteiger partial charge is 0.483 e. The van der Waals surface area contributed by atoms with Crippen molar-refractivity contribution in [3.63, 3.8) is 0 Å². The Labute approximate surface area is 221 Å². The third-order valence-electron chi connectivity index (χ3n) is 5.33. The van der Waals surface area contributed by atoms with Crippen molar-refractivity contribution in [2.24, 2.45) is 0 Å². The molecule has 11 atom stereocenters. The zero-order chi connectivity index (χ0) is 28.4. The summed E-state index contributed by atoms with van der Waals surface area (Å²) < 4.78 is 49.1. The summed E-state index contributed by atoms with van der Waals surface area (Å²) in [6, 6.07) is 0.943. The van der Waals surface area contributed by atoms with Crippen molar-refractivity contribution < 1.29 is 67.3 Å². The Kier molecular flexibility index (Phi) is 10.8. The summed E-state index contributed by atoms with van der Waals surface area (Å²) in [7, 11) is -8.50. The molecule has 8 N–H and O–H groups in total. The smallest absolute Gasteiger partial charge is 0.388 e. The van der Waals surface area contributed by atoms with Gasteiger partial charge in [-0.25, -0.2) is 13.9 Å². The van der Waals surface area contributed by atoms with Crippen LogP contribution < -0.4 is 11.2 Å². The first-order valence-corrected chi connectivity index (χ1v) is 16.3. The number of H-pyrrole nitrogens is 1. The molecule has 218 valence electrons. The molecular formula is C16H26N2O16P2S2. The maximum absolute atomic E-state index is 12.3. The molecule has 0 amide bonds. The minimum absolute atomic E-state index is 0.0753. The number of nitrogens with one attached hydrogen (secondary N) is 1. The quantitative estimate of drug-likeness (QED) is 0.0909. The van der Waals surface area contributed by atoms with Crippen LogP contribution in [0.1, 0.15) is 6.23 Å². The molecule has 0 bridgehead atoms. The molecule has 4 unspecified atom stereocenters. The summed E-state index contributed by atoms with van der Waals surface area (Å²) >= 11 is 0. The molecular weight excluding hydrogens is 602 g/mol. The molecule has 2 fully saturated rings. The number of aromatic nitrogens is 2. The molecule has 0 spiro atoms. The summed E-state index contributed by atoms with van der Waals surface area (Å²) in [6.07, 6.45) is -12.6. The van der Waals surface area contributed by atoms with Crippen LogP contribution in [0.2, 0.25) is 0 Å². The van der Waals surface area contributed by atoms with Crippen molar-refractivity contribution >= 4 is 37.2 Å². The van der Waals surface area contributed by atoms with Crippen LogP contribution in [0.25, 0.3) is 0 Å². The second kappa shape index (κ2) is 12.9. The Bertz CT molecular complexity index is 1170. The topological polar surface area (TPSA) is 277 Å². The van der Waals surface area contributed by atoms with E-state index >= 15 is 0 Å². The zero-order valence-corrected chi connectivity index (χ0v) is 22.6. The van der Waals surface area contributed by atoms with E-state index in [2.05, 4.69) is 13.4 Å². The number of hydrogen-bond donors (Lipinski definition) is 8. The molecule has 2 aliphatic rings. The van der Waals surface area contributed by atoms with Crippen molar-refractivity contribution in [2.75, 3.05) is 18.6 Å². The molecule has 22 heteroatoms. The van der Waals surface area contributed by atoms with Crippen LogP contribution in [0.3, 0.4) is 0 Å². The van der Waals surface area contributed by atoms with Gasteiger partial charge in [0, 0.05) is 18.0 Å². The van der Waals surface area contributed by atoms with Gasteiger partial charge in [0.05, 0.1) is 12.7 Å². The molecule has 0 radical (unpaired) electrons. The number of hydrogen-bond acceptors (Lipinski definition) is 16. The van der Waals surface area contributed by atoms with Gasteiger partial charge in [0.15, 0.2) is 12.5 Å². The van der Waals surface area contributed by atoms with Gasteiger partial charge in [-0.1, -0.05) is 21.6 Å². The van der Waals surface area contributed by atoms with E-state index in [0.29, 0.717) is 0 Å². The SMILES string of the molecule is CSSC[C@H]1OC(OP(=O)(O)OP(=O)(O)OC[C@H]2O[C@@H](n3ccc(=O)[nH]c3=O)C(O)[C@H]2O)[C@H](O)[C@@H](O)[C@H]1O. The van der Waals surface area contributed by atoms with Crippen LogP contribution in [0.4, 0.5) is 0 Å². The Hall–Kier alpha value is -0.640. The normalized spacial score (nSPS) is 37.0. The number of aliphatic hydroxyl groups excluding tert-OH is 5. The number of nitrogens with zero attached hydrogens (tertiary/aromatic N) is 1. The average Bonchev–Trinajstić information content (AvgIpc) is 3.10. The van der Waals surface area contributed by atoms with Crippen molar-refractivity contribution in [2.45, 2.75) is 55.2 Å². The number of aromatic amines is 1. The fourth-order valence-corrected chi connectivity index (χ4v) is 6.99. The van der Waals surface area contributed by atoms with E-state index in [4.69, 9.17) is 9.47 Å². The molecule has 0 aromatic carbocycles. The molecule has 38 heavy (non-hydrogen) atoms. The molecule has 1 aromatic rings. The van der Waals surface area contributed by atoms with E-state index in [1.54, 1.807) is 6.26 Å². The van der Waals surface area contributed by atoms with Crippen LogP contribution in [0.15, 0.2) is 21.9 Å². The third kappa shape index (κ3) is 7.76. The van der Waals surface area contributed by atoms with Gasteiger partial charge in [-0.3, -0.25) is 23.4 Å². The van der Waals surface area contributed by atoms with Gasteiger partial charge in [0.25, 0.3) is 5.56 Å². The Balaban J connectivity index is 1.61. The monoisotopic (exact) mass is 628 g/mol. The van der Waals surface area contributed by atoms with Gasteiger partial charge in [0.2, 0.25) is 0 Å². The summed E-state index contributed by atoms with van der Waals surface area (Å²) in [6.45, 7) is -0.998. The highest BCUT2D eigenvalue weighted by molar-refractivity contribution is 8.76. The fourth-order valence-electron chi connectivity index (χ4n) is 3.47. The van der Waals surface area contributed by atoms with E-state index in [-0.39, 0.29) is 5.75 Å². The van der Waals surface area contributed by atoms with E-state index in [1.165, 1.54) is 21.6 Å². The summed E-state index contributed by atoms with van der Waals surface area (Å²) in [5.74, 6) is 0.0753. The first-order chi connectivity index (χ1) is 17.7. The lowest BCUT2D eigenvalue weighted by molar-refractivity contribution is -0.270. The number of ether oxygens (including phenoxy) is 2. The van der Waals surface area contributed by atoms with Crippen LogP contribution in [-0.2, 0) is 32.0 Å². The lowest BCUT2D eigenvalue weighted by Gasteiger charge is -2.40. The highest BCUT2D eigenvalue weighted by atomic mass is 33.1. The molecule has 0 aliphatic carbocycles. The lowest BCUT2D eigenvalue weighted by atomic mass is 10.0. The lowest BCUT2D eigenvalue weighted by Crippen LogP contribution is -2.58. The summed E-state index contributed by atoms with van der Waals surface area (Å²) in [5.41, 5.74) is -1.72. The Morgan fingerprint density at radius 3 is 2.26 bits per heavy atom. The second-order valence-corrected chi connectivity index (χ2v) is 13.6. The van der Waals surface area contributed by atoms with E-state index < -0.39 is 88.7 Å².